The molecule has 1 aromatic heterocycles. The minimum absolute atomic E-state index is 0.00523. The van der Waals surface area contributed by atoms with Crippen molar-refractivity contribution in [2.24, 2.45) is 0 Å². The van der Waals surface area contributed by atoms with E-state index in [1.165, 1.54) is 18.2 Å². The fourth-order valence-corrected chi connectivity index (χ4v) is 1.34. The summed E-state index contributed by atoms with van der Waals surface area (Å²) < 4.78 is 4.76. The molecule has 0 atom stereocenters. The SMILES string of the molecule is O=C(O)N(C(=O)O)c1noc2ccc(O)cc12. The third-order valence-corrected chi connectivity index (χ3v) is 2.03. The van der Waals surface area contributed by atoms with E-state index in [2.05, 4.69) is 5.16 Å². The molecule has 0 aliphatic rings. The van der Waals surface area contributed by atoms with Crippen molar-refractivity contribution in [3.05, 3.63) is 18.2 Å². The highest BCUT2D eigenvalue weighted by Gasteiger charge is 2.27. The molecule has 0 saturated heterocycles. The Morgan fingerprint density at radius 1 is 1.24 bits per heavy atom. The van der Waals surface area contributed by atoms with Gasteiger partial charge < -0.3 is 19.8 Å². The molecule has 3 N–H and O–H groups in total. The maximum atomic E-state index is 10.8. The van der Waals surface area contributed by atoms with E-state index in [1.54, 1.807) is 0 Å². The zero-order valence-corrected chi connectivity index (χ0v) is 8.19. The first-order chi connectivity index (χ1) is 8.00. The Kier molecular flexibility index (Phi) is 2.32. The first kappa shape index (κ1) is 10.7. The van der Waals surface area contributed by atoms with E-state index >= 15 is 0 Å². The summed E-state index contributed by atoms with van der Waals surface area (Å²) in [6, 6.07) is 3.83. The van der Waals surface area contributed by atoms with E-state index < -0.39 is 18.0 Å². The number of carboxylic acid groups (broad SMARTS) is 2. The third-order valence-electron chi connectivity index (χ3n) is 2.03. The summed E-state index contributed by atoms with van der Waals surface area (Å²) in [7, 11) is 0. The van der Waals surface area contributed by atoms with Gasteiger partial charge in [-0.25, -0.2) is 9.59 Å². The molecule has 0 aliphatic carbocycles. The number of fused-ring (bicyclic) bond motifs is 1. The number of amides is 2. The van der Waals surface area contributed by atoms with Gasteiger partial charge >= 0.3 is 12.2 Å². The van der Waals surface area contributed by atoms with Crippen molar-refractivity contribution in [3.63, 3.8) is 0 Å². The molecule has 2 amide bonds. The van der Waals surface area contributed by atoms with Crippen LogP contribution in [0.3, 0.4) is 0 Å². The molecule has 8 nitrogen and oxygen atoms in total. The number of hydrogen-bond donors (Lipinski definition) is 3. The van der Waals surface area contributed by atoms with Crippen LogP contribution in [0.25, 0.3) is 11.0 Å². The fraction of sp³-hybridized carbons (Fsp3) is 0. The molecule has 8 heteroatoms. The summed E-state index contributed by atoms with van der Waals surface area (Å²) in [6.07, 6.45) is -3.42. The van der Waals surface area contributed by atoms with Gasteiger partial charge in [0.05, 0.1) is 5.39 Å². The minimum atomic E-state index is -1.71. The highest BCUT2D eigenvalue weighted by molar-refractivity contribution is 6.12. The summed E-state index contributed by atoms with van der Waals surface area (Å²) in [6.45, 7) is 0. The predicted octanol–water partition coefficient (Wildman–Crippen LogP) is 1.70. The van der Waals surface area contributed by atoms with Crippen LogP contribution in [0.1, 0.15) is 0 Å². The molecular formula is C9H6N2O6. The Morgan fingerprint density at radius 2 is 1.88 bits per heavy atom. The zero-order chi connectivity index (χ0) is 12.6. The number of nitrogens with zero attached hydrogens (tertiary/aromatic N) is 2. The fourth-order valence-electron chi connectivity index (χ4n) is 1.34. The minimum Gasteiger partial charge on any atom is -0.508 e. The number of benzene rings is 1. The summed E-state index contributed by atoms with van der Waals surface area (Å²) in [5.74, 6) is -0.562. The van der Waals surface area contributed by atoms with Crippen LogP contribution >= 0.6 is 0 Å². The second kappa shape index (κ2) is 3.67. The number of anilines is 1. The number of aromatic nitrogens is 1. The van der Waals surface area contributed by atoms with Crippen LogP contribution in [0.15, 0.2) is 22.7 Å². The largest absolute Gasteiger partial charge is 0.508 e. The number of phenols is 1. The standard InChI is InChI=1S/C9H6N2O6/c12-4-1-2-6-5(3-4)7(10-17-6)11(8(13)14)9(15)16/h1-3,12H,(H,13,14)(H,15,16). The van der Waals surface area contributed by atoms with Crippen molar-refractivity contribution in [2.75, 3.05) is 4.90 Å². The normalized spacial score (nSPS) is 10.4. The Bertz CT molecular complexity index is 591. The van der Waals surface area contributed by atoms with E-state index in [4.69, 9.17) is 14.7 Å². The van der Waals surface area contributed by atoms with Crippen molar-refractivity contribution in [1.82, 2.24) is 5.16 Å². The van der Waals surface area contributed by atoms with Crippen LogP contribution in [0, 0.1) is 0 Å². The third kappa shape index (κ3) is 1.71. The molecule has 2 aromatic rings. The van der Waals surface area contributed by atoms with Gasteiger partial charge in [0.25, 0.3) is 0 Å². The first-order valence-electron chi connectivity index (χ1n) is 4.35. The smallest absolute Gasteiger partial charge is 0.422 e. The van der Waals surface area contributed by atoms with Crippen molar-refractivity contribution in [1.29, 1.82) is 0 Å². The molecule has 2 rings (SSSR count). The number of aromatic hydroxyl groups is 1. The van der Waals surface area contributed by atoms with Crippen LogP contribution in [0.2, 0.25) is 0 Å². The van der Waals surface area contributed by atoms with Gasteiger partial charge in [-0.2, -0.15) is 4.90 Å². The van der Waals surface area contributed by atoms with Gasteiger partial charge in [-0.05, 0) is 18.2 Å². The van der Waals surface area contributed by atoms with Gasteiger partial charge in [0.1, 0.15) is 5.75 Å². The molecule has 0 unspecified atom stereocenters. The van der Waals surface area contributed by atoms with E-state index in [0.29, 0.717) is 0 Å². The van der Waals surface area contributed by atoms with E-state index in [-0.39, 0.29) is 21.6 Å². The maximum absolute atomic E-state index is 10.8. The van der Waals surface area contributed by atoms with Crippen LogP contribution in [-0.4, -0.2) is 32.7 Å². The van der Waals surface area contributed by atoms with Crippen LogP contribution in [0.4, 0.5) is 15.4 Å². The lowest BCUT2D eigenvalue weighted by Crippen LogP contribution is -2.34. The summed E-state index contributed by atoms with van der Waals surface area (Å²) >= 11 is 0. The van der Waals surface area contributed by atoms with Crippen molar-refractivity contribution < 1.29 is 29.4 Å². The van der Waals surface area contributed by atoms with E-state index in [0.717, 1.165) is 0 Å². The molecule has 88 valence electrons. The van der Waals surface area contributed by atoms with Gasteiger partial charge in [-0.3, -0.25) is 0 Å². The predicted molar refractivity (Wildman–Crippen MR) is 54.2 cm³/mol. The molecule has 1 aromatic carbocycles. The highest BCUT2D eigenvalue weighted by atomic mass is 16.5. The lowest BCUT2D eigenvalue weighted by molar-refractivity contribution is 0.183. The van der Waals surface area contributed by atoms with Gasteiger partial charge in [-0.1, -0.05) is 5.16 Å². The number of rotatable bonds is 1. The van der Waals surface area contributed by atoms with Crippen LogP contribution < -0.4 is 4.90 Å². The van der Waals surface area contributed by atoms with Crippen LogP contribution in [-0.2, 0) is 0 Å². The molecule has 17 heavy (non-hydrogen) atoms. The molecule has 0 aliphatic heterocycles. The van der Waals surface area contributed by atoms with E-state index in [9.17, 15) is 14.7 Å². The number of phenolic OH excluding ortho intramolecular Hbond substituents is 1. The zero-order valence-electron chi connectivity index (χ0n) is 8.19. The average Bonchev–Trinajstić information content (AvgIpc) is 2.60. The van der Waals surface area contributed by atoms with Gasteiger partial charge in [-0.15, -0.1) is 0 Å². The molecule has 0 spiro atoms. The van der Waals surface area contributed by atoms with Crippen LogP contribution in [0.5, 0.6) is 5.75 Å². The molecule has 0 bridgehead atoms. The lowest BCUT2D eigenvalue weighted by Gasteiger charge is -2.08. The highest BCUT2D eigenvalue weighted by Crippen LogP contribution is 2.29. The Morgan fingerprint density at radius 3 is 2.47 bits per heavy atom. The lowest BCUT2D eigenvalue weighted by atomic mass is 10.2. The monoisotopic (exact) mass is 238 g/mol. The van der Waals surface area contributed by atoms with E-state index in [1.807, 2.05) is 0 Å². The summed E-state index contributed by atoms with van der Waals surface area (Å²) in [5.41, 5.74) is 0.172. The Balaban J connectivity index is 2.65. The van der Waals surface area contributed by atoms with Crippen molar-refractivity contribution in [3.8, 4) is 5.75 Å². The van der Waals surface area contributed by atoms with Gasteiger partial charge in [0.2, 0.25) is 0 Å². The average molecular weight is 238 g/mol. The first-order valence-corrected chi connectivity index (χ1v) is 4.35. The topological polar surface area (TPSA) is 124 Å². The number of carbonyl (C=O) groups is 2. The summed E-state index contributed by atoms with van der Waals surface area (Å²) in [4.78, 5) is 21.5. The van der Waals surface area contributed by atoms with Gasteiger partial charge in [0, 0.05) is 0 Å². The molecule has 0 radical (unpaired) electrons. The second-order valence-corrected chi connectivity index (χ2v) is 3.09. The molecule has 0 saturated carbocycles. The number of hydrogen-bond acceptors (Lipinski definition) is 5. The van der Waals surface area contributed by atoms with Crippen molar-refractivity contribution >= 4 is 29.0 Å². The quantitative estimate of drug-likeness (QED) is 0.690. The second-order valence-electron chi connectivity index (χ2n) is 3.09. The molecular weight excluding hydrogens is 232 g/mol. The Labute approximate surface area is 93.3 Å². The van der Waals surface area contributed by atoms with Gasteiger partial charge in [0.15, 0.2) is 11.4 Å². The summed E-state index contributed by atoms with van der Waals surface area (Å²) in [5, 5.41) is 30.2. The van der Waals surface area contributed by atoms with Crippen molar-refractivity contribution in [2.45, 2.75) is 0 Å². The number of imide groups is 1. The Hall–Kier alpha value is -2.77. The molecule has 1 heterocycles. The molecule has 0 fully saturated rings. The maximum Gasteiger partial charge on any atom is 0.422 e.